The van der Waals surface area contributed by atoms with Gasteiger partial charge in [-0.25, -0.2) is 4.98 Å². The van der Waals surface area contributed by atoms with E-state index >= 15 is 0 Å². The molecule has 0 atom stereocenters. The monoisotopic (exact) mass is 440 g/mol. The molecule has 5 nitrogen and oxygen atoms in total. The molecule has 0 unspecified atom stereocenters. The highest BCUT2D eigenvalue weighted by atomic mass is 32.1. The summed E-state index contributed by atoms with van der Waals surface area (Å²) in [6, 6.07) is 18.4. The Morgan fingerprint density at radius 3 is 2.75 bits per heavy atom. The SMILES string of the molecule is COc1cc2occ(-c3cccc4ccccc34)c2cc1/C(C)=C/C(=O)Nc1nccs1. The zero-order valence-corrected chi connectivity index (χ0v) is 18.4. The quantitative estimate of drug-likeness (QED) is 0.307. The molecule has 0 aliphatic rings. The topological polar surface area (TPSA) is 64.4 Å². The summed E-state index contributed by atoms with van der Waals surface area (Å²) < 4.78 is 11.5. The van der Waals surface area contributed by atoms with E-state index in [2.05, 4.69) is 40.6 Å². The Bertz CT molecular complexity index is 1460. The van der Waals surface area contributed by atoms with Crippen LogP contribution < -0.4 is 10.1 Å². The molecule has 5 aromatic rings. The number of anilines is 1. The van der Waals surface area contributed by atoms with Gasteiger partial charge >= 0.3 is 0 Å². The molecule has 5 rings (SSSR count). The first-order chi connectivity index (χ1) is 15.6. The van der Waals surface area contributed by atoms with Crippen molar-refractivity contribution in [1.29, 1.82) is 0 Å². The fraction of sp³-hybridized carbons (Fsp3) is 0.0769. The summed E-state index contributed by atoms with van der Waals surface area (Å²) >= 11 is 1.38. The van der Waals surface area contributed by atoms with E-state index in [0.717, 1.165) is 38.6 Å². The summed E-state index contributed by atoms with van der Waals surface area (Å²) in [6.45, 7) is 1.89. The van der Waals surface area contributed by atoms with E-state index in [4.69, 9.17) is 9.15 Å². The third-order valence-corrected chi connectivity index (χ3v) is 6.10. The predicted octanol–water partition coefficient (Wildman–Crippen LogP) is 6.76. The number of benzene rings is 3. The highest BCUT2D eigenvalue weighted by Gasteiger charge is 2.16. The summed E-state index contributed by atoms with van der Waals surface area (Å²) in [6.07, 6.45) is 4.99. The maximum Gasteiger partial charge on any atom is 0.250 e. The molecule has 1 amide bonds. The van der Waals surface area contributed by atoms with Gasteiger partial charge in [0, 0.05) is 40.2 Å². The number of fused-ring (bicyclic) bond motifs is 2. The molecule has 0 spiro atoms. The molecule has 0 bridgehead atoms. The maximum absolute atomic E-state index is 12.5. The molecule has 0 aliphatic carbocycles. The van der Waals surface area contributed by atoms with Crippen molar-refractivity contribution in [3.63, 3.8) is 0 Å². The van der Waals surface area contributed by atoms with Gasteiger partial charge in [-0.2, -0.15) is 0 Å². The molecule has 0 fully saturated rings. The molecule has 0 radical (unpaired) electrons. The van der Waals surface area contributed by atoms with Gasteiger partial charge in [0.2, 0.25) is 5.91 Å². The maximum atomic E-state index is 12.5. The van der Waals surface area contributed by atoms with Crippen molar-refractivity contribution in [1.82, 2.24) is 4.98 Å². The standard InChI is InChI=1S/C26H20N2O3S/c1-16(12-25(29)28-26-27-10-11-32-26)20-13-21-22(15-31-24(21)14-23(20)30-2)19-9-5-7-17-6-3-4-8-18(17)19/h3-15H,1-2H3,(H,27,28,29)/b16-12+. The second-order valence-electron chi connectivity index (χ2n) is 7.38. The van der Waals surface area contributed by atoms with Crippen molar-refractivity contribution in [3.05, 3.63) is 84.1 Å². The molecule has 32 heavy (non-hydrogen) atoms. The van der Waals surface area contributed by atoms with Gasteiger partial charge < -0.3 is 9.15 Å². The molecule has 3 aromatic carbocycles. The minimum atomic E-state index is -0.235. The number of ether oxygens (including phenoxy) is 1. The summed E-state index contributed by atoms with van der Waals surface area (Å²) in [5.74, 6) is 0.410. The minimum Gasteiger partial charge on any atom is -0.496 e. The Balaban J connectivity index is 1.61. The number of carbonyl (C=O) groups excluding carboxylic acids is 1. The molecule has 1 N–H and O–H groups in total. The number of hydrogen-bond donors (Lipinski definition) is 1. The highest BCUT2D eigenvalue weighted by Crippen LogP contribution is 2.39. The highest BCUT2D eigenvalue weighted by molar-refractivity contribution is 7.13. The van der Waals surface area contributed by atoms with Crippen LogP contribution in [0.3, 0.4) is 0 Å². The van der Waals surface area contributed by atoms with Crippen LogP contribution in [0.1, 0.15) is 12.5 Å². The molecule has 2 heterocycles. The van der Waals surface area contributed by atoms with Crippen LogP contribution in [-0.2, 0) is 4.79 Å². The number of allylic oxidation sites excluding steroid dienone is 1. The van der Waals surface area contributed by atoms with Crippen LogP contribution in [0.2, 0.25) is 0 Å². The van der Waals surface area contributed by atoms with Crippen LogP contribution in [0, 0.1) is 0 Å². The lowest BCUT2D eigenvalue weighted by molar-refractivity contribution is -0.111. The van der Waals surface area contributed by atoms with E-state index in [1.807, 2.05) is 36.6 Å². The number of rotatable bonds is 5. The molecule has 0 aliphatic heterocycles. The van der Waals surface area contributed by atoms with Gasteiger partial charge in [0.1, 0.15) is 11.3 Å². The zero-order valence-electron chi connectivity index (χ0n) is 17.6. The third kappa shape index (κ3) is 3.65. The summed E-state index contributed by atoms with van der Waals surface area (Å²) in [5, 5.41) is 8.45. The Hall–Kier alpha value is -3.90. The van der Waals surface area contributed by atoms with Crippen LogP contribution in [0.25, 0.3) is 38.4 Å². The first kappa shape index (κ1) is 20.0. The van der Waals surface area contributed by atoms with E-state index < -0.39 is 0 Å². The van der Waals surface area contributed by atoms with Crippen molar-refractivity contribution in [2.45, 2.75) is 6.92 Å². The van der Waals surface area contributed by atoms with E-state index in [1.165, 1.54) is 16.7 Å². The Labute approximate surface area is 189 Å². The van der Waals surface area contributed by atoms with Crippen molar-refractivity contribution >= 4 is 49.7 Å². The second-order valence-corrected chi connectivity index (χ2v) is 8.27. The van der Waals surface area contributed by atoms with E-state index in [9.17, 15) is 4.79 Å². The Kier molecular flexibility index (Phi) is 5.21. The number of furan rings is 1. The number of carbonyl (C=O) groups is 1. The van der Waals surface area contributed by atoms with Crippen LogP contribution in [0.5, 0.6) is 5.75 Å². The number of thiazole rings is 1. The van der Waals surface area contributed by atoms with E-state index in [0.29, 0.717) is 10.9 Å². The van der Waals surface area contributed by atoms with Gasteiger partial charge in [-0.3, -0.25) is 10.1 Å². The van der Waals surface area contributed by atoms with Crippen molar-refractivity contribution in [2.75, 3.05) is 12.4 Å². The first-order valence-electron chi connectivity index (χ1n) is 10.1. The predicted molar refractivity (Wildman–Crippen MR) is 130 cm³/mol. The van der Waals surface area contributed by atoms with E-state index in [-0.39, 0.29) is 5.91 Å². The van der Waals surface area contributed by atoms with Crippen LogP contribution in [0.15, 0.2) is 82.9 Å². The van der Waals surface area contributed by atoms with Crippen LogP contribution in [-0.4, -0.2) is 18.0 Å². The molecule has 0 saturated carbocycles. The van der Waals surface area contributed by atoms with Gasteiger partial charge in [0.05, 0.1) is 13.4 Å². The van der Waals surface area contributed by atoms with Gasteiger partial charge in [0.15, 0.2) is 5.13 Å². The van der Waals surface area contributed by atoms with E-state index in [1.54, 1.807) is 25.6 Å². The summed E-state index contributed by atoms with van der Waals surface area (Å²) in [5.41, 5.74) is 4.44. The summed E-state index contributed by atoms with van der Waals surface area (Å²) in [4.78, 5) is 16.6. The number of hydrogen-bond acceptors (Lipinski definition) is 5. The van der Waals surface area contributed by atoms with Crippen LogP contribution >= 0.6 is 11.3 Å². The minimum absolute atomic E-state index is 0.235. The number of nitrogens with one attached hydrogen (secondary N) is 1. The van der Waals surface area contributed by atoms with Gasteiger partial charge in [-0.15, -0.1) is 11.3 Å². The average Bonchev–Trinajstić information content (AvgIpc) is 3.47. The third-order valence-electron chi connectivity index (χ3n) is 5.41. The molecule has 2 aromatic heterocycles. The van der Waals surface area contributed by atoms with Crippen molar-refractivity contribution < 1.29 is 13.9 Å². The Morgan fingerprint density at radius 1 is 1.09 bits per heavy atom. The van der Waals surface area contributed by atoms with Crippen LogP contribution in [0.4, 0.5) is 5.13 Å². The zero-order chi connectivity index (χ0) is 22.1. The van der Waals surface area contributed by atoms with Gasteiger partial charge in [-0.1, -0.05) is 42.5 Å². The normalized spacial score (nSPS) is 11.8. The number of aromatic nitrogens is 1. The lowest BCUT2D eigenvalue weighted by atomic mass is 9.96. The summed E-state index contributed by atoms with van der Waals surface area (Å²) in [7, 11) is 1.61. The lowest BCUT2D eigenvalue weighted by Crippen LogP contribution is -2.08. The molecular formula is C26H20N2O3S. The second kappa shape index (κ2) is 8.32. The smallest absolute Gasteiger partial charge is 0.250 e. The first-order valence-corrected chi connectivity index (χ1v) is 11.0. The fourth-order valence-electron chi connectivity index (χ4n) is 3.90. The fourth-order valence-corrected chi connectivity index (χ4v) is 4.43. The molecule has 158 valence electrons. The van der Waals surface area contributed by atoms with Crippen molar-refractivity contribution in [3.8, 4) is 16.9 Å². The van der Waals surface area contributed by atoms with Crippen molar-refractivity contribution in [2.24, 2.45) is 0 Å². The number of nitrogens with zero attached hydrogens (tertiary/aromatic N) is 1. The lowest BCUT2D eigenvalue weighted by Gasteiger charge is -2.10. The van der Waals surface area contributed by atoms with Gasteiger partial charge in [-0.05, 0) is 34.9 Å². The molecule has 0 saturated heterocycles. The molecule has 6 heteroatoms. The average molecular weight is 441 g/mol. The number of methoxy groups -OCH3 is 1. The number of amides is 1. The molecular weight excluding hydrogens is 420 g/mol. The van der Waals surface area contributed by atoms with Gasteiger partial charge in [0.25, 0.3) is 0 Å². The Morgan fingerprint density at radius 2 is 1.94 bits per heavy atom. The largest absolute Gasteiger partial charge is 0.496 e.